The molecule has 8 nitrogen and oxygen atoms in total. The highest BCUT2D eigenvalue weighted by atomic mass is 16.5. The van der Waals surface area contributed by atoms with Crippen molar-refractivity contribution in [2.45, 2.75) is 39.2 Å². The molecule has 25 heavy (non-hydrogen) atoms. The van der Waals surface area contributed by atoms with Crippen molar-refractivity contribution in [1.82, 2.24) is 30.5 Å². The summed E-state index contributed by atoms with van der Waals surface area (Å²) in [6, 6.07) is 1.86. The monoisotopic (exact) mass is 338 g/mol. The summed E-state index contributed by atoms with van der Waals surface area (Å²) in [4.78, 5) is 14.8. The van der Waals surface area contributed by atoms with Crippen molar-refractivity contribution in [3.8, 4) is 11.4 Å². The van der Waals surface area contributed by atoms with Crippen LogP contribution in [0.3, 0.4) is 0 Å². The van der Waals surface area contributed by atoms with E-state index in [2.05, 4.69) is 25.6 Å². The maximum Gasteiger partial charge on any atom is 0.274 e. The van der Waals surface area contributed by atoms with E-state index in [1.807, 2.05) is 17.9 Å². The lowest BCUT2D eigenvalue weighted by molar-refractivity contribution is 0.0727. The Balaban J connectivity index is 1.46. The van der Waals surface area contributed by atoms with Crippen LogP contribution >= 0.6 is 0 Å². The standard InChI is InChI=1S/C17H18N6O2/c1-9-7-14(22-25-9)15-11-8-23(6-5-13(11)19-20-15)17(24)16-10-3-2-4-12(10)18-21-16/h7H,2-6,8H2,1H3,(H,18,21)(H,19,20). The highest BCUT2D eigenvalue weighted by molar-refractivity contribution is 5.94. The second-order valence-corrected chi connectivity index (χ2v) is 6.71. The third-order valence-corrected chi connectivity index (χ3v) is 5.10. The minimum atomic E-state index is -0.00599. The number of hydrogen-bond acceptors (Lipinski definition) is 5. The molecule has 0 unspecified atom stereocenters. The van der Waals surface area contributed by atoms with Gasteiger partial charge in [0, 0.05) is 41.5 Å². The number of nitrogens with one attached hydrogen (secondary N) is 2. The van der Waals surface area contributed by atoms with Gasteiger partial charge >= 0.3 is 0 Å². The molecule has 0 fully saturated rings. The zero-order valence-electron chi connectivity index (χ0n) is 13.9. The van der Waals surface area contributed by atoms with E-state index in [-0.39, 0.29) is 5.91 Å². The Morgan fingerprint density at radius 3 is 2.84 bits per heavy atom. The van der Waals surface area contributed by atoms with E-state index in [1.165, 1.54) is 0 Å². The first-order chi connectivity index (χ1) is 12.2. The molecular formula is C17H18N6O2. The molecule has 1 aliphatic heterocycles. The summed E-state index contributed by atoms with van der Waals surface area (Å²) in [6.07, 6.45) is 3.75. The van der Waals surface area contributed by atoms with Gasteiger partial charge in [-0.2, -0.15) is 10.2 Å². The molecule has 2 aliphatic rings. The summed E-state index contributed by atoms with van der Waals surface area (Å²) in [6.45, 7) is 3.02. The fraction of sp³-hybridized carbons (Fsp3) is 0.412. The van der Waals surface area contributed by atoms with E-state index in [4.69, 9.17) is 4.52 Å². The Kier molecular flexibility index (Phi) is 3.06. The Bertz CT molecular complexity index is 966. The van der Waals surface area contributed by atoms with E-state index in [9.17, 15) is 4.79 Å². The molecule has 0 aromatic carbocycles. The third-order valence-electron chi connectivity index (χ3n) is 5.10. The van der Waals surface area contributed by atoms with Crippen LogP contribution in [0.1, 0.15) is 45.2 Å². The number of aromatic nitrogens is 5. The third kappa shape index (κ3) is 2.20. The van der Waals surface area contributed by atoms with Gasteiger partial charge < -0.3 is 9.42 Å². The van der Waals surface area contributed by atoms with Gasteiger partial charge in [0.05, 0.1) is 6.54 Å². The molecule has 1 aliphatic carbocycles. The summed E-state index contributed by atoms with van der Waals surface area (Å²) in [5.41, 5.74) is 6.32. The van der Waals surface area contributed by atoms with Crippen molar-refractivity contribution in [1.29, 1.82) is 0 Å². The Labute approximate surface area is 143 Å². The van der Waals surface area contributed by atoms with E-state index in [1.54, 1.807) is 0 Å². The van der Waals surface area contributed by atoms with Gasteiger partial charge in [0.25, 0.3) is 5.91 Å². The molecule has 0 bridgehead atoms. The van der Waals surface area contributed by atoms with Gasteiger partial charge in [-0.05, 0) is 26.2 Å². The molecule has 0 saturated carbocycles. The molecule has 4 heterocycles. The molecular weight excluding hydrogens is 320 g/mol. The number of nitrogens with zero attached hydrogens (tertiary/aromatic N) is 4. The van der Waals surface area contributed by atoms with Crippen LogP contribution in [0.2, 0.25) is 0 Å². The summed E-state index contributed by atoms with van der Waals surface area (Å²) < 4.78 is 5.16. The van der Waals surface area contributed by atoms with Crippen LogP contribution in [0.15, 0.2) is 10.6 Å². The van der Waals surface area contributed by atoms with Crippen LogP contribution in [-0.4, -0.2) is 42.9 Å². The van der Waals surface area contributed by atoms with E-state index < -0.39 is 0 Å². The molecule has 8 heteroatoms. The van der Waals surface area contributed by atoms with Gasteiger partial charge in [-0.1, -0.05) is 5.16 Å². The number of H-pyrrole nitrogens is 2. The van der Waals surface area contributed by atoms with E-state index in [0.29, 0.717) is 24.5 Å². The lowest BCUT2D eigenvalue weighted by Gasteiger charge is -2.26. The van der Waals surface area contributed by atoms with Crippen molar-refractivity contribution in [3.63, 3.8) is 0 Å². The zero-order chi connectivity index (χ0) is 17.0. The Morgan fingerprint density at radius 1 is 1.16 bits per heavy atom. The number of carbonyl (C=O) groups excluding carboxylic acids is 1. The number of amides is 1. The maximum atomic E-state index is 13.0. The fourth-order valence-corrected chi connectivity index (χ4v) is 3.80. The highest BCUT2D eigenvalue weighted by Crippen LogP contribution is 2.30. The zero-order valence-corrected chi connectivity index (χ0v) is 13.9. The second-order valence-electron chi connectivity index (χ2n) is 6.71. The normalized spacial score (nSPS) is 16.1. The predicted molar refractivity (Wildman–Crippen MR) is 87.9 cm³/mol. The molecule has 0 atom stereocenters. The van der Waals surface area contributed by atoms with Gasteiger partial charge in [-0.15, -0.1) is 0 Å². The van der Waals surface area contributed by atoms with Crippen molar-refractivity contribution < 1.29 is 9.32 Å². The van der Waals surface area contributed by atoms with Crippen molar-refractivity contribution in [2.75, 3.05) is 6.54 Å². The number of fused-ring (bicyclic) bond motifs is 2. The van der Waals surface area contributed by atoms with E-state index >= 15 is 0 Å². The molecule has 3 aromatic rings. The second kappa shape index (κ2) is 5.30. The van der Waals surface area contributed by atoms with Crippen LogP contribution in [0, 0.1) is 6.92 Å². The topological polar surface area (TPSA) is 104 Å². The molecule has 5 rings (SSSR count). The van der Waals surface area contributed by atoms with Gasteiger partial charge in [0.2, 0.25) is 0 Å². The summed E-state index contributed by atoms with van der Waals surface area (Å²) in [5.74, 6) is 0.733. The molecule has 128 valence electrons. The number of hydrogen-bond donors (Lipinski definition) is 2. The van der Waals surface area contributed by atoms with Crippen LogP contribution in [-0.2, 0) is 25.8 Å². The fourth-order valence-electron chi connectivity index (χ4n) is 3.80. The Morgan fingerprint density at radius 2 is 2.00 bits per heavy atom. The molecule has 0 saturated heterocycles. The number of aromatic amines is 2. The summed E-state index contributed by atoms with van der Waals surface area (Å²) in [7, 11) is 0. The van der Waals surface area contributed by atoms with Crippen molar-refractivity contribution in [3.05, 3.63) is 40.0 Å². The SMILES string of the molecule is Cc1cc(-c2n[nH]c3c2CN(C(=O)c2n[nH]c4c2CCC4)CC3)no1. The van der Waals surface area contributed by atoms with Crippen LogP contribution in [0.5, 0.6) is 0 Å². The number of carbonyl (C=O) groups is 1. The number of rotatable bonds is 2. The quantitative estimate of drug-likeness (QED) is 0.741. The smallest absolute Gasteiger partial charge is 0.274 e. The molecule has 0 radical (unpaired) electrons. The minimum absolute atomic E-state index is 0.00599. The average Bonchev–Trinajstić information content (AvgIpc) is 3.36. The van der Waals surface area contributed by atoms with Crippen LogP contribution in [0.25, 0.3) is 11.4 Å². The van der Waals surface area contributed by atoms with Gasteiger partial charge in [0.15, 0.2) is 5.69 Å². The van der Waals surface area contributed by atoms with E-state index in [0.717, 1.165) is 59.7 Å². The van der Waals surface area contributed by atoms with Crippen molar-refractivity contribution in [2.24, 2.45) is 0 Å². The average molecular weight is 338 g/mol. The summed E-state index contributed by atoms with van der Waals surface area (Å²) >= 11 is 0. The van der Waals surface area contributed by atoms with Crippen LogP contribution < -0.4 is 0 Å². The Hall–Kier alpha value is -2.90. The van der Waals surface area contributed by atoms with Gasteiger partial charge in [0.1, 0.15) is 17.1 Å². The first kappa shape index (κ1) is 14.4. The number of aryl methyl sites for hydroxylation is 2. The predicted octanol–water partition coefficient (Wildman–Crippen LogP) is 1.78. The van der Waals surface area contributed by atoms with Gasteiger partial charge in [-0.3, -0.25) is 15.0 Å². The maximum absolute atomic E-state index is 13.0. The minimum Gasteiger partial charge on any atom is -0.361 e. The molecule has 1 amide bonds. The lowest BCUT2D eigenvalue weighted by atomic mass is 10.0. The van der Waals surface area contributed by atoms with Crippen LogP contribution in [0.4, 0.5) is 0 Å². The first-order valence-corrected chi connectivity index (χ1v) is 8.56. The highest BCUT2D eigenvalue weighted by Gasteiger charge is 2.31. The molecule has 3 aromatic heterocycles. The van der Waals surface area contributed by atoms with Gasteiger partial charge in [-0.25, -0.2) is 0 Å². The lowest BCUT2D eigenvalue weighted by Crippen LogP contribution is -2.36. The van der Waals surface area contributed by atoms with Crippen molar-refractivity contribution >= 4 is 5.91 Å². The first-order valence-electron chi connectivity index (χ1n) is 8.56. The molecule has 2 N–H and O–H groups in total. The molecule has 0 spiro atoms. The summed E-state index contributed by atoms with van der Waals surface area (Å²) in [5, 5.41) is 18.8. The largest absolute Gasteiger partial charge is 0.361 e.